The molecular formula is C24H25N3O2. The number of rotatable bonds is 4. The molecule has 4 rings (SSSR count). The Morgan fingerprint density at radius 3 is 3.00 bits per heavy atom. The SMILES string of the molecule is COC1=CCC=C(C(=O)NC2=CCCCC(c3cn4ccc(C)cc4n3)=C2)C=C1. The number of methoxy groups -OCH3 is 1. The van der Waals surface area contributed by atoms with Gasteiger partial charge in [-0.25, -0.2) is 4.98 Å². The zero-order valence-corrected chi connectivity index (χ0v) is 16.8. The van der Waals surface area contributed by atoms with Crippen LogP contribution in [0.5, 0.6) is 0 Å². The largest absolute Gasteiger partial charge is 0.497 e. The number of amides is 1. The molecule has 2 aliphatic rings. The van der Waals surface area contributed by atoms with Gasteiger partial charge in [0.1, 0.15) is 11.4 Å². The highest BCUT2D eigenvalue weighted by Crippen LogP contribution is 2.25. The second-order valence-electron chi connectivity index (χ2n) is 7.31. The molecule has 0 spiro atoms. The highest BCUT2D eigenvalue weighted by molar-refractivity contribution is 5.97. The average Bonchev–Trinajstić information content (AvgIpc) is 2.88. The van der Waals surface area contributed by atoms with Crippen molar-refractivity contribution in [2.24, 2.45) is 0 Å². The van der Waals surface area contributed by atoms with Gasteiger partial charge >= 0.3 is 0 Å². The number of aryl methyl sites for hydroxylation is 1. The summed E-state index contributed by atoms with van der Waals surface area (Å²) in [6.07, 6.45) is 19.3. The van der Waals surface area contributed by atoms with Crippen LogP contribution in [0.2, 0.25) is 0 Å². The van der Waals surface area contributed by atoms with E-state index in [2.05, 4.69) is 42.7 Å². The Labute approximate surface area is 170 Å². The number of allylic oxidation sites excluding steroid dienone is 6. The summed E-state index contributed by atoms with van der Waals surface area (Å²) in [4.78, 5) is 17.5. The van der Waals surface area contributed by atoms with Crippen LogP contribution >= 0.6 is 0 Å². The number of hydrogen-bond donors (Lipinski definition) is 1. The van der Waals surface area contributed by atoms with Crippen LogP contribution in [0.4, 0.5) is 0 Å². The molecule has 1 N–H and O–H groups in total. The highest BCUT2D eigenvalue weighted by atomic mass is 16.5. The van der Waals surface area contributed by atoms with Gasteiger partial charge < -0.3 is 14.5 Å². The molecule has 0 atom stereocenters. The van der Waals surface area contributed by atoms with Gasteiger partial charge in [0.2, 0.25) is 0 Å². The lowest BCUT2D eigenvalue weighted by Gasteiger charge is -2.07. The molecule has 0 aromatic carbocycles. The second kappa shape index (κ2) is 8.35. The highest BCUT2D eigenvalue weighted by Gasteiger charge is 2.14. The van der Waals surface area contributed by atoms with Crippen LogP contribution in [-0.4, -0.2) is 22.4 Å². The molecule has 29 heavy (non-hydrogen) atoms. The summed E-state index contributed by atoms with van der Waals surface area (Å²) in [5.41, 5.74) is 5.69. The van der Waals surface area contributed by atoms with E-state index in [4.69, 9.17) is 9.72 Å². The fourth-order valence-electron chi connectivity index (χ4n) is 3.53. The normalized spacial score (nSPS) is 16.9. The predicted octanol–water partition coefficient (Wildman–Crippen LogP) is 4.63. The summed E-state index contributed by atoms with van der Waals surface area (Å²) in [5.74, 6) is 0.656. The van der Waals surface area contributed by atoms with Crippen LogP contribution in [0.3, 0.4) is 0 Å². The fourth-order valence-corrected chi connectivity index (χ4v) is 3.53. The van der Waals surface area contributed by atoms with Gasteiger partial charge in [-0.15, -0.1) is 0 Å². The summed E-state index contributed by atoms with van der Waals surface area (Å²) in [5, 5.41) is 3.06. The molecule has 5 nitrogen and oxygen atoms in total. The summed E-state index contributed by atoms with van der Waals surface area (Å²) < 4.78 is 7.28. The Morgan fingerprint density at radius 1 is 1.24 bits per heavy atom. The molecule has 0 bridgehead atoms. The number of nitrogens with one attached hydrogen (secondary N) is 1. The van der Waals surface area contributed by atoms with Crippen molar-refractivity contribution in [3.8, 4) is 0 Å². The lowest BCUT2D eigenvalue weighted by Crippen LogP contribution is -2.23. The van der Waals surface area contributed by atoms with E-state index in [0.717, 1.165) is 47.6 Å². The molecule has 0 radical (unpaired) electrons. The van der Waals surface area contributed by atoms with Crippen molar-refractivity contribution < 1.29 is 9.53 Å². The minimum Gasteiger partial charge on any atom is -0.497 e. The van der Waals surface area contributed by atoms with E-state index in [1.54, 1.807) is 13.2 Å². The van der Waals surface area contributed by atoms with Crippen molar-refractivity contribution in [3.63, 3.8) is 0 Å². The molecular weight excluding hydrogens is 362 g/mol. The predicted molar refractivity (Wildman–Crippen MR) is 115 cm³/mol. The lowest BCUT2D eigenvalue weighted by molar-refractivity contribution is -0.116. The van der Waals surface area contributed by atoms with Crippen molar-refractivity contribution in [3.05, 3.63) is 89.3 Å². The maximum absolute atomic E-state index is 12.8. The number of hydrogen-bond acceptors (Lipinski definition) is 3. The topological polar surface area (TPSA) is 55.6 Å². The third-order valence-electron chi connectivity index (χ3n) is 5.13. The number of fused-ring (bicyclic) bond motifs is 1. The Kier molecular flexibility index (Phi) is 5.47. The lowest BCUT2D eigenvalue weighted by atomic mass is 10.1. The van der Waals surface area contributed by atoms with Gasteiger partial charge in [-0.1, -0.05) is 12.2 Å². The zero-order valence-electron chi connectivity index (χ0n) is 16.8. The second-order valence-corrected chi connectivity index (χ2v) is 7.31. The van der Waals surface area contributed by atoms with E-state index in [1.807, 2.05) is 28.8 Å². The monoisotopic (exact) mass is 387 g/mol. The van der Waals surface area contributed by atoms with Crippen LogP contribution in [0.15, 0.2) is 78.0 Å². The maximum atomic E-state index is 12.8. The zero-order chi connectivity index (χ0) is 20.2. The Bertz CT molecular complexity index is 1100. The number of ether oxygens (including phenoxy) is 1. The van der Waals surface area contributed by atoms with Crippen molar-refractivity contribution in [1.29, 1.82) is 0 Å². The van der Waals surface area contributed by atoms with Crippen molar-refractivity contribution in [1.82, 2.24) is 14.7 Å². The number of carbonyl (C=O) groups is 1. The molecule has 5 heteroatoms. The molecule has 2 aromatic rings. The van der Waals surface area contributed by atoms with E-state index < -0.39 is 0 Å². The number of nitrogens with zero attached hydrogens (tertiary/aromatic N) is 2. The fraction of sp³-hybridized carbons (Fsp3) is 0.250. The van der Waals surface area contributed by atoms with Crippen molar-refractivity contribution in [2.75, 3.05) is 7.11 Å². The van der Waals surface area contributed by atoms with E-state index >= 15 is 0 Å². The molecule has 0 aliphatic heterocycles. The maximum Gasteiger partial charge on any atom is 0.255 e. The first-order valence-corrected chi connectivity index (χ1v) is 9.92. The first kappa shape index (κ1) is 19.0. The molecule has 0 saturated heterocycles. The first-order chi connectivity index (χ1) is 14.1. The van der Waals surface area contributed by atoms with E-state index in [0.29, 0.717) is 12.0 Å². The van der Waals surface area contributed by atoms with Gasteiger partial charge in [-0.05, 0) is 80.2 Å². The number of carbonyl (C=O) groups excluding carboxylic acids is 1. The number of imidazole rings is 1. The van der Waals surface area contributed by atoms with E-state index in [-0.39, 0.29) is 5.91 Å². The van der Waals surface area contributed by atoms with Crippen LogP contribution in [0.1, 0.15) is 36.9 Å². The quantitative estimate of drug-likeness (QED) is 0.832. The third-order valence-corrected chi connectivity index (χ3v) is 5.13. The van der Waals surface area contributed by atoms with Crippen LogP contribution in [0, 0.1) is 6.92 Å². The van der Waals surface area contributed by atoms with Gasteiger partial charge in [0.05, 0.1) is 12.8 Å². The van der Waals surface area contributed by atoms with Crippen molar-refractivity contribution in [2.45, 2.75) is 32.6 Å². The molecule has 0 unspecified atom stereocenters. The third kappa shape index (κ3) is 4.40. The Balaban J connectivity index is 1.54. The minimum atomic E-state index is -0.110. The van der Waals surface area contributed by atoms with Gasteiger partial charge in [0.25, 0.3) is 5.91 Å². The van der Waals surface area contributed by atoms with Crippen molar-refractivity contribution >= 4 is 17.1 Å². The smallest absolute Gasteiger partial charge is 0.255 e. The number of aromatic nitrogens is 2. The van der Waals surface area contributed by atoms with Gasteiger partial charge in [0.15, 0.2) is 0 Å². The number of pyridine rings is 1. The van der Waals surface area contributed by atoms with Gasteiger partial charge in [-0.3, -0.25) is 4.79 Å². The molecule has 2 aliphatic carbocycles. The summed E-state index contributed by atoms with van der Waals surface area (Å²) in [6, 6.07) is 4.15. The summed E-state index contributed by atoms with van der Waals surface area (Å²) in [6.45, 7) is 2.07. The van der Waals surface area contributed by atoms with Crippen LogP contribution < -0.4 is 5.32 Å². The Morgan fingerprint density at radius 2 is 2.14 bits per heavy atom. The van der Waals surface area contributed by atoms with Crippen LogP contribution in [0.25, 0.3) is 11.2 Å². The molecule has 0 saturated carbocycles. The first-order valence-electron chi connectivity index (χ1n) is 9.92. The van der Waals surface area contributed by atoms with E-state index in [1.165, 1.54) is 5.56 Å². The molecule has 0 fully saturated rings. The molecule has 1 amide bonds. The summed E-state index contributed by atoms with van der Waals surface area (Å²) >= 11 is 0. The summed E-state index contributed by atoms with van der Waals surface area (Å²) in [7, 11) is 1.63. The molecule has 2 aromatic heterocycles. The molecule has 148 valence electrons. The van der Waals surface area contributed by atoms with Gasteiger partial charge in [-0.2, -0.15) is 0 Å². The van der Waals surface area contributed by atoms with Gasteiger partial charge in [0, 0.05) is 23.7 Å². The minimum absolute atomic E-state index is 0.110. The van der Waals surface area contributed by atoms with E-state index in [9.17, 15) is 4.79 Å². The Hall–Kier alpha value is -3.34. The van der Waals surface area contributed by atoms with Crippen LogP contribution in [-0.2, 0) is 9.53 Å². The average molecular weight is 387 g/mol. The standard InChI is InChI=1S/C24H25N3O2/c1-17-12-13-27-16-22(26-23(27)14-17)19-6-3-4-8-20(15-19)25-24(28)18-7-5-9-21(29-2)11-10-18/h7-16H,3-6H2,1-2H3,(H,25,28). The molecule has 2 heterocycles.